The summed E-state index contributed by atoms with van der Waals surface area (Å²) in [5.41, 5.74) is 7.05. The highest BCUT2D eigenvalue weighted by Gasteiger charge is 2.30. The molecule has 2 amide bonds. The van der Waals surface area contributed by atoms with Gasteiger partial charge in [0.2, 0.25) is 0 Å². The average Bonchev–Trinajstić information content (AvgIpc) is 2.97. The zero-order valence-corrected chi connectivity index (χ0v) is 15.8. The maximum absolute atomic E-state index is 12.3. The zero-order chi connectivity index (χ0) is 18.7. The van der Waals surface area contributed by atoms with Crippen molar-refractivity contribution in [1.29, 1.82) is 0 Å². The van der Waals surface area contributed by atoms with E-state index < -0.39 is 5.91 Å². The molecule has 1 atom stereocenters. The van der Waals surface area contributed by atoms with Gasteiger partial charge < -0.3 is 20.7 Å². The Labute approximate surface area is 156 Å². The van der Waals surface area contributed by atoms with Crippen LogP contribution in [-0.2, 0) is 17.8 Å². The molecule has 1 aromatic heterocycles. The maximum atomic E-state index is 12.3. The van der Waals surface area contributed by atoms with Crippen molar-refractivity contribution in [3.63, 3.8) is 0 Å². The number of nitrogens with two attached hydrogens (primary N) is 1. The quantitative estimate of drug-likeness (QED) is 0.711. The summed E-state index contributed by atoms with van der Waals surface area (Å²) in [6, 6.07) is 9.65. The van der Waals surface area contributed by atoms with Crippen LogP contribution in [-0.4, -0.2) is 31.0 Å². The first-order chi connectivity index (χ1) is 12.5. The second-order valence-electron chi connectivity index (χ2n) is 6.71. The number of hydrogen-bond acceptors (Lipinski definition) is 4. The molecule has 4 N–H and O–H groups in total. The third-order valence-electron chi connectivity index (χ3n) is 4.60. The van der Waals surface area contributed by atoms with Crippen LogP contribution in [0.15, 0.2) is 30.3 Å². The smallest absolute Gasteiger partial charge is 0.262 e. The predicted molar refractivity (Wildman–Crippen MR) is 102 cm³/mol. The maximum Gasteiger partial charge on any atom is 0.262 e. The molecular weight excluding hydrogens is 350 g/mol. The number of carbonyl (C=O) groups is 2. The summed E-state index contributed by atoms with van der Waals surface area (Å²) < 4.78 is 5.46. The minimum absolute atomic E-state index is 0.117. The first kappa shape index (κ1) is 18.4. The van der Waals surface area contributed by atoms with Gasteiger partial charge >= 0.3 is 0 Å². The molecule has 1 unspecified atom stereocenters. The molecule has 0 radical (unpaired) electrons. The number of fused-ring (bicyclic) bond motifs is 1. The van der Waals surface area contributed by atoms with Gasteiger partial charge in [0.15, 0.2) is 6.61 Å². The molecule has 26 heavy (non-hydrogen) atoms. The Bertz CT molecular complexity index is 802. The lowest BCUT2D eigenvalue weighted by molar-refractivity contribution is -0.936. The summed E-state index contributed by atoms with van der Waals surface area (Å²) in [5, 5.41) is 3.34. The number of amides is 2. The SMILES string of the molecule is CC(C)[NH+]1CCc2c(sc(NC(=O)COc3ccccc3)c2C(N)=O)C1. The van der Waals surface area contributed by atoms with Crippen LogP contribution in [0.5, 0.6) is 5.75 Å². The van der Waals surface area contributed by atoms with E-state index in [4.69, 9.17) is 10.5 Å². The largest absolute Gasteiger partial charge is 0.484 e. The predicted octanol–water partition coefficient (Wildman–Crippen LogP) is 1.21. The topological polar surface area (TPSA) is 85.9 Å². The summed E-state index contributed by atoms with van der Waals surface area (Å²) in [5.74, 6) is -0.169. The Balaban J connectivity index is 1.73. The molecule has 0 aliphatic carbocycles. The number of benzene rings is 1. The Morgan fingerprint density at radius 1 is 1.31 bits per heavy atom. The Morgan fingerprint density at radius 2 is 2.04 bits per heavy atom. The van der Waals surface area contributed by atoms with Gasteiger partial charge in [-0.2, -0.15) is 0 Å². The van der Waals surface area contributed by atoms with E-state index in [0.29, 0.717) is 22.4 Å². The second kappa shape index (κ2) is 7.88. The highest BCUT2D eigenvalue weighted by atomic mass is 32.1. The monoisotopic (exact) mass is 374 g/mol. The molecule has 0 saturated heterocycles. The van der Waals surface area contributed by atoms with Crippen LogP contribution < -0.4 is 20.7 Å². The van der Waals surface area contributed by atoms with Crippen molar-refractivity contribution in [1.82, 2.24) is 0 Å². The van der Waals surface area contributed by atoms with Gasteiger partial charge in [-0.15, -0.1) is 11.3 Å². The van der Waals surface area contributed by atoms with Gasteiger partial charge in [0.25, 0.3) is 11.8 Å². The number of thiophene rings is 1. The van der Waals surface area contributed by atoms with Crippen LogP contribution in [0.4, 0.5) is 5.00 Å². The molecule has 1 aliphatic heterocycles. The number of para-hydroxylation sites is 1. The Hall–Kier alpha value is -2.38. The van der Waals surface area contributed by atoms with Crippen molar-refractivity contribution in [2.24, 2.45) is 5.73 Å². The van der Waals surface area contributed by atoms with E-state index in [-0.39, 0.29) is 12.5 Å². The summed E-state index contributed by atoms with van der Waals surface area (Å²) in [6.07, 6.45) is 0.800. The van der Waals surface area contributed by atoms with Crippen LogP contribution in [0.25, 0.3) is 0 Å². The van der Waals surface area contributed by atoms with Crippen LogP contribution in [0.1, 0.15) is 34.6 Å². The second-order valence-corrected chi connectivity index (χ2v) is 7.82. The summed E-state index contributed by atoms with van der Waals surface area (Å²) in [7, 11) is 0. The number of hydrogen-bond donors (Lipinski definition) is 3. The number of quaternary nitrogens is 1. The molecule has 0 bridgehead atoms. The third-order valence-corrected chi connectivity index (χ3v) is 5.75. The Kier molecular flexibility index (Phi) is 5.58. The standard InChI is InChI=1S/C19H23N3O3S/c1-12(2)22-9-8-14-15(10-22)26-19(17(14)18(20)24)21-16(23)11-25-13-6-4-3-5-7-13/h3-7,12H,8-11H2,1-2H3,(H2,20,24)(H,21,23)/p+1. The van der Waals surface area contributed by atoms with Crippen LogP contribution in [0, 0.1) is 0 Å². The highest BCUT2D eigenvalue weighted by molar-refractivity contribution is 7.17. The minimum atomic E-state index is -0.491. The van der Waals surface area contributed by atoms with Gasteiger partial charge in [-0.1, -0.05) is 18.2 Å². The number of primary amides is 1. The van der Waals surface area contributed by atoms with Crippen molar-refractivity contribution < 1.29 is 19.2 Å². The summed E-state index contributed by atoms with van der Waals surface area (Å²) in [4.78, 5) is 26.8. The summed E-state index contributed by atoms with van der Waals surface area (Å²) in [6.45, 7) is 6.08. The number of ether oxygens (including phenoxy) is 1. The van der Waals surface area contributed by atoms with Crippen LogP contribution in [0.3, 0.4) is 0 Å². The van der Waals surface area contributed by atoms with E-state index in [1.807, 2.05) is 18.2 Å². The highest BCUT2D eigenvalue weighted by Crippen LogP contribution is 2.34. The lowest BCUT2D eigenvalue weighted by Crippen LogP contribution is -3.14. The molecule has 0 spiro atoms. The molecule has 6 nitrogen and oxygen atoms in total. The summed E-state index contributed by atoms with van der Waals surface area (Å²) >= 11 is 1.45. The molecule has 2 heterocycles. The number of carbonyl (C=O) groups excluding carboxylic acids is 2. The first-order valence-electron chi connectivity index (χ1n) is 8.72. The third kappa shape index (κ3) is 4.05. The van der Waals surface area contributed by atoms with E-state index >= 15 is 0 Å². The van der Waals surface area contributed by atoms with Crippen LogP contribution in [0.2, 0.25) is 0 Å². The average molecular weight is 374 g/mol. The van der Waals surface area contributed by atoms with E-state index in [0.717, 1.165) is 30.0 Å². The minimum Gasteiger partial charge on any atom is -0.484 e. The fourth-order valence-electron chi connectivity index (χ4n) is 3.17. The van der Waals surface area contributed by atoms with Crippen LogP contribution >= 0.6 is 11.3 Å². The lowest BCUT2D eigenvalue weighted by atomic mass is 10.0. The lowest BCUT2D eigenvalue weighted by Gasteiger charge is -2.27. The van der Waals surface area contributed by atoms with Gasteiger partial charge in [0, 0.05) is 6.42 Å². The Morgan fingerprint density at radius 3 is 2.69 bits per heavy atom. The van der Waals surface area contributed by atoms with E-state index in [1.54, 1.807) is 12.1 Å². The van der Waals surface area contributed by atoms with Gasteiger partial charge in [0.1, 0.15) is 17.3 Å². The fraction of sp³-hybridized carbons (Fsp3) is 0.368. The van der Waals surface area contributed by atoms with Crippen molar-refractivity contribution in [3.05, 3.63) is 46.3 Å². The van der Waals surface area contributed by atoms with E-state index in [2.05, 4.69) is 19.2 Å². The number of nitrogens with one attached hydrogen (secondary N) is 2. The van der Waals surface area contributed by atoms with Crippen molar-refractivity contribution in [2.45, 2.75) is 32.9 Å². The molecule has 1 aliphatic rings. The molecule has 3 rings (SSSR count). The molecule has 138 valence electrons. The van der Waals surface area contributed by atoms with Gasteiger partial charge in [-0.25, -0.2) is 0 Å². The number of rotatable bonds is 6. The fourth-order valence-corrected chi connectivity index (χ4v) is 4.49. The molecule has 0 fully saturated rings. The van der Waals surface area contributed by atoms with Crippen molar-refractivity contribution in [3.8, 4) is 5.75 Å². The molecule has 1 aromatic carbocycles. The van der Waals surface area contributed by atoms with Crippen molar-refractivity contribution >= 4 is 28.2 Å². The molecule has 2 aromatic rings. The van der Waals surface area contributed by atoms with Gasteiger partial charge in [-0.3, -0.25) is 9.59 Å². The van der Waals surface area contributed by atoms with Gasteiger partial charge in [0.05, 0.1) is 23.0 Å². The number of anilines is 1. The molecule has 0 saturated carbocycles. The normalized spacial score (nSPS) is 16.2. The zero-order valence-electron chi connectivity index (χ0n) is 15.0. The van der Waals surface area contributed by atoms with E-state index in [1.165, 1.54) is 16.2 Å². The van der Waals surface area contributed by atoms with Gasteiger partial charge in [-0.05, 0) is 31.5 Å². The first-order valence-corrected chi connectivity index (χ1v) is 9.54. The van der Waals surface area contributed by atoms with E-state index in [9.17, 15) is 9.59 Å². The molecule has 7 heteroatoms. The molecular formula is C19H24N3O3S+. The van der Waals surface area contributed by atoms with Crippen molar-refractivity contribution in [2.75, 3.05) is 18.5 Å².